The Bertz CT molecular complexity index is 550. The highest BCUT2D eigenvalue weighted by atomic mass is 16.5. The number of aryl methyl sites for hydroxylation is 1. The van der Waals surface area contributed by atoms with E-state index >= 15 is 0 Å². The minimum Gasteiger partial charge on any atom is -0.467 e. The fourth-order valence-corrected chi connectivity index (χ4v) is 3.81. The number of carbonyl (C=O) groups excluding carboxylic acids is 2. The maximum Gasteiger partial charge on any atom is 0.328 e. The highest BCUT2D eigenvalue weighted by Crippen LogP contribution is 2.41. The van der Waals surface area contributed by atoms with Crippen LogP contribution in [0.1, 0.15) is 48.2 Å². The Hall–Kier alpha value is -1.78. The highest BCUT2D eigenvalue weighted by molar-refractivity contribution is 5.96. The van der Waals surface area contributed by atoms with E-state index in [0.29, 0.717) is 18.1 Å². The highest BCUT2D eigenvalue weighted by Gasteiger charge is 2.48. The second-order valence-corrected chi connectivity index (χ2v) is 6.03. The molecule has 1 saturated carbocycles. The smallest absolute Gasteiger partial charge is 0.328 e. The molecule has 1 saturated heterocycles. The molecule has 0 bridgehead atoms. The lowest BCUT2D eigenvalue weighted by atomic mass is 9.84. The topological polar surface area (TPSA) is 59.8 Å². The molecule has 0 N–H and O–H groups in total. The van der Waals surface area contributed by atoms with Gasteiger partial charge in [0, 0.05) is 11.6 Å². The molecule has 3 rings (SSSR count). The minimum atomic E-state index is -0.472. The number of esters is 1. The van der Waals surface area contributed by atoms with Gasteiger partial charge in [0.05, 0.1) is 13.4 Å². The lowest BCUT2D eigenvalue weighted by Crippen LogP contribution is -2.46. The second-order valence-electron chi connectivity index (χ2n) is 6.03. The van der Waals surface area contributed by atoms with Crippen molar-refractivity contribution in [2.45, 2.75) is 51.1 Å². The third kappa shape index (κ3) is 2.34. The van der Waals surface area contributed by atoms with Crippen LogP contribution in [-0.2, 0) is 9.53 Å². The van der Waals surface area contributed by atoms with E-state index in [4.69, 9.17) is 9.15 Å². The molecule has 114 valence electrons. The number of ether oxygens (including phenoxy) is 1. The summed E-state index contributed by atoms with van der Waals surface area (Å²) in [7, 11) is 1.38. The van der Waals surface area contributed by atoms with Gasteiger partial charge in [-0.1, -0.05) is 12.8 Å². The molecule has 1 amide bonds. The van der Waals surface area contributed by atoms with Gasteiger partial charge in [0.2, 0.25) is 0 Å². The van der Waals surface area contributed by atoms with Crippen LogP contribution in [0, 0.1) is 12.8 Å². The Morgan fingerprint density at radius 2 is 2.10 bits per heavy atom. The van der Waals surface area contributed by atoms with Gasteiger partial charge in [-0.15, -0.1) is 0 Å². The number of methoxy groups -OCH3 is 1. The van der Waals surface area contributed by atoms with Crippen LogP contribution in [-0.4, -0.2) is 36.0 Å². The molecule has 1 aromatic rings. The zero-order chi connectivity index (χ0) is 15.0. The molecule has 1 aliphatic carbocycles. The predicted molar refractivity (Wildman–Crippen MR) is 75.8 cm³/mol. The van der Waals surface area contributed by atoms with E-state index in [1.54, 1.807) is 11.0 Å². The first-order valence-corrected chi connectivity index (χ1v) is 7.58. The van der Waals surface area contributed by atoms with Gasteiger partial charge < -0.3 is 14.1 Å². The summed E-state index contributed by atoms with van der Waals surface area (Å²) in [6.45, 7) is 1.85. The van der Waals surface area contributed by atoms with E-state index in [9.17, 15) is 9.59 Å². The SMILES string of the molecule is COC(=O)[C@@H]1C[C@@H]2CCCC[C@@H]2N1C(=O)c1occc1C. The third-order valence-electron chi connectivity index (χ3n) is 4.85. The van der Waals surface area contributed by atoms with E-state index in [0.717, 1.165) is 24.8 Å². The number of furan rings is 1. The summed E-state index contributed by atoms with van der Waals surface area (Å²) < 4.78 is 10.2. The van der Waals surface area contributed by atoms with E-state index < -0.39 is 6.04 Å². The molecule has 2 aliphatic rings. The van der Waals surface area contributed by atoms with Crippen LogP contribution < -0.4 is 0 Å². The van der Waals surface area contributed by atoms with E-state index in [2.05, 4.69) is 0 Å². The van der Waals surface area contributed by atoms with Crippen LogP contribution >= 0.6 is 0 Å². The number of nitrogens with zero attached hydrogens (tertiary/aromatic N) is 1. The summed E-state index contributed by atoms with van der Waals surface area (Å²) in [6, 6.07) is 1.44. The molecule has 2 heterocycles. The predicted octanol–water partition coefficient (Wildman–Crippen LogP) is 2.53. The third-order valence-corrected chi connectivity index (χ3v) is 4.85. The Morgan fingerprint density at radius 3 is 2.76 bits per heavy atom. The number of carbonyl (C=O) groups is 2. The van der Waals surface area contributed by atoms with Gasteiger partial charge in [-0.2, -0.15) is 0 Å². The number of hydrogen-bond donors (Lipinski definition) is 0. The van der Waals surface area contributed by atoms with Gasteiger partial charge in [-0.25, -0.2) is 4.79 Å². The van der Waals surface area contributed by atoms with Crippen molar-refractivity contribution >= 4 is 11.9 Å². The normalized spacial score (nSPS) is 28.3. The van der Waals surface area contributed by atoms with Crippen molar-refractivity contribution in [2.24, 2.45) is 5.92 Å². The van der Waals surface area contributed by atoms with Crippen molar-refractivity contribution in [1.29, 1.82) is 0 Å². The zero-order valence-corrected chi connectivity index (χ0v) is 12.5. The zero-order valence-electron chi connectivity index (χ0n) is 12.5. The maximum atomic E-state index is 12.8. The van der Waals surface area contributed by atoms with Crippen molar-refractivity contribution in [3.8, 4) is 0 Å². The standard InChI is InChI=1S/C16H21NO4/c1-10-7-8-21-14(10)15(18)17-12-6-4-3-5-11(12)9-13(17)16(19)20-2/h7-8,11-13H,3-6,9H2,1-2H3/t11-,12-,13-/m0/s1. The molecule has 0 spiro atoms. The second kappa shape index (κ2) is 5.54. The summed E-state index contributed by atoms with van der Waals surface area (Å²) >= 11 is 0. The lowest BCUT2D eigenvalue weighted by molar-refractivity contribution is -0.145. The average molecular weight is 291 g/mol. The Balaban J connectivity index is 1.93. The molecule has 3 atom stereocenters. The molecule has 5 heteroatoms. The minimum absolute atomic E-state index is 0.139. The molecular formula is C16H21NO4. The number of amides is 1. The van der Waals surface area contributed by atoms with Crippen molar-refractivity contribution in [3.63, 3.8) is 0 Å². The molecule has 0 unspecified atom stereocenters. The van der Waals surface area contributed by atoms with Crippen molar-refractivity contribution in [1.82, 2.24) is 4.90 Å². The summed E-state index contributed by atoms with van der Waals surface area (Å²) in [5, 5.41) is 0. The lowest BCUT2D eigenvalue weighted by Gasteiger charge is -2.32. The summed E-state index contributed by atoms with van der Waals surface area (Å²) in [5.41, 5.74) is 0.808. The largest absolute Gasteiger partial charge is 0.467 e. The van der Waals surface area contributed by atoms with Crippen LogP contribution in [0.2, 0.25) is 0 Å². The van der Waals surface area contributed by atoms with Crippen LogP contribution in [0.3, 0.4) is 0 Å². The molecular weight excluding hydrogens is 270 g/mol. The molecule has 1 aliphatic heterocycles. The van der Waals surface area contributed by atoms with E-state index in [1.807, 2.05) is 6.92 Å². The Morgan fingerprint density at radius 1 is 1.33 bits per heavy atom. The Labute approximate surface area is 124 Å². The fourth-order valence-electron chi connectivity index (χ4n) is 3.81. The number of likely N-dealkylation sites (tertiary alicyclic amines) is 1. The van der Waals surface area contributed by atoms with Crippen LogP contribution in [0.5, 0.6) is 0 Å². The van der Waals surface area contributed by atoms with E-state index in [-0.39, 0.29) is 17.9 Å². The summed E-state index contributed by atoms with van der Waals surface area (Å²) in [6.07, 6.45) is 6.56. The maximum absolute atomic E-state index is 12.8. The van der Waals surface area contributed by atoms with Crippen LogP contribution in [0.25, 0.3) is 0 Å². The van der Waals surface area contributed by atoms with Gasteiger partial charge in [0.25, 0.3) is 5.91 Å². The quantitative estimate of drug-likeness (QED) is 0.786. The fraction of sp³-hybridized carbons (Fsp3) is 0.625. The average Bonchev–Trinajstić information content (AvgIpc) is 3.09. The van der Waals surface area contributed by atoms with Gasteiger partial charge >= 0.3 is 5.97 Å². The Kier molecular flexibility index (Phi) is 3.74. The van der Waals surface area contributed by atoms with Crippen molar-refractivity contribution < 1.29 is 18.7 Å². The molecule has 1 aromatic heterocycles. The van der Waals surface area contributed by atoms with Crippen LogP contribution in [0.15, 0.2) is 16.7 Å². The number of fused-ring (bicyclic) bond motifs is 1. The van der Waals surface area contributed by atoms with Crippen LogP contribution in [0.4, 0.5) is 0 Å². The molecule has 2 fully saturated rings. The van der Waals surface area contributed by atoms with E-state index in [1.165, 1.54) is 19.8 Å². The summed E-state index contributed by atoms with van der Waals surface area (Å²) in [4.78, 5) is 26.6. The van der Waals surface area contributed by atoms with Gasteiger partial charge in [0.15, 0.2) is 5.76 Å². The molecule has 0 radical (unpaired) electrons. The molecule has 5 nitrogen and oxygen atoms in total. The molecule has 0 aromatic carbocycles. The monoisotopic (exact) mass is 291 g/mol. The van der Waals surface area contributed by atoms with Gasteiger partial charge in [-0.05, 0) is 38.2 Å². The molecule has 21 heavy (non-hydrogen) atoms. The van der Waals surface area contributed by atoms with Crippen molar-refractivity contribution in [3.05, 3.63) is 23.7 Å². The number of hydrogen-bond acceptors (Lipinski definition) is 4. The number of rotatable bonds is 2. The van der Waals surface area contributed by atoms with Gasteiger partial charge in [-0.3, -0.25) is 4.79 Å². The van der Waals surface area contributed by atoms with Gasteiger partial charge in [0.1, 0.15) is 6.04 Å². The first-order valence-electron chi connectivity index (χ1n) is 7.58. The van der Waals surface area contributed by atoms with Crippen molar-refractivity contribution in [2.75, 3.05) is 7.11 Å². The first-order chi connectivity index (χ1) is 10.1. The first kappa shape index (κ1) is 14.2. The summed E-state index contributed by atoms with van der Waals surface area (Å²) in [5.74, 6) is 0.251.